The topological polar surface area (TPSA) is 82.4 Å². The molecule has 0 spiro atoms. The van der Waals surface area contributed by atoms with Gasteiger partial charge in [0.2, 0.25) is 0 Å². The van der Waals surface area contributed by atoms with E-state index in [-0.39, 0.29) is 11.5 Å². The van der Waals surface area contributed by atoms with Crippen molar-refractivity contribution in [3.05, 3.63) is 65.2 Å². The van der Waals surface area contributed by atoms with E-state index >= 15 is 0 Å². The number of amides is 1. The van der Waals surface area contributed by atoms with Crippen molar-refractivity contribution >= 4 is 29.4 Å². The third-order valence-corrected chi connectivity index (χ3v) is 4.63. The first-order chi connectivity index (χ1) is 15.3. The molecule has 1 aliphatic rings. The Bertz CT molecular complexity index is 977. The molecule has 2 aromatic carbocycles. The number of hydrazone groups is 1. The molecule has 1 amide bonds. The molecule has 1 aliphatic heterocycles. The van der Waals surface area contributed by atoms with Crippen LogP contribution in [0.3, 0.4) is 0 Å². The molecule has 0 aliphatic carbocycles. The molecule has 0 bridgehead atoms. The molecular formula is C25H31N3O4. The first-order valence-corrected chi connectivity index (χ1v) is 10.7. The van der Waals surface area contributed by atoms with E-state index in [1.165, 1.54) is 17.1 Å². The number of rotatable bonds is 8. The maximum atomic E-state index is 12.8. The average molecular weight is 438 g/mol. The molecule has 7 heteroatoms. The number of carboxylic acids is 1. The Morgan fingerprint density at radius 1 is 1.09 bits per heavy atom. The van der Waals surface area contributed by atoms with Crippen molar-refractivity contribution in [2.45, 2.75) is 27.2 Å². The predicted octanol–water partition coefficient (Wildman–Crippen LogP) is 4.55. The summed E-state index contributed by atoms with van der Waals surface area (Å²) in [6, 6.07) is 13.6. The van der Waals surface area contributed by atoms with Gasteiger partial charge >= 0.3 is 5.97 Å². The van der Waals surface area contributed by atoms with Crippen molar-refractivity contribution in [2.24, 2.45) is 5.10 Å². The number of anilines is 1. The van der Waals surface area contributed by atoms with Crippen LogP contribution >= 0.6 is 0 Å². The Hall–Kier alpha value is -3.45. The molecule has 7 nitrogen and oxygen atoms in total. The van der Waals surface area contributed by atoms with E-state index in [4.69, 9.17) is 9.84 Å². The lowest BCUT2D eigenvalue weighted by Gasteiger charge is -2.12. The van der Waals surface area contributed by atoms with Crippen LogP contribution in [-0.2, 0) is 4.79 Å². The van der Waals surface area contributed by atoms with E-state index < -0.39 is 5.97 Å². The van der Waals surface area contributed by atoms with E-state index in [1.54, 1.807) is 25.1 Å². The highest BCUT2D eigenvalue weighted by Gasteiger charge is 2.28. The molecule has 0 radical (unpaired) electrons. The second kappa shape index (κ2) is 11.8. The van der Waals surface area contributed by atoms with Crippen LogP contribution in [-0.4, -0.2) is 54.8 Å². The standard InChI is InChI=1S/C23H25N3O4.C2H6/c1-16-21(15-17-5-11-20(12-6-17)30-14-4-13-25(2)3)22(27)26(24-16)19-9-7-18(8-10-19)23(28)29;1-2/h5-12,15H,4,13-14H2,1-3H3,(H,28,29);1-2H3/b21-15-;. The summed E-state index contributed by atoms with van der Waals surface area (Å²) in [7, 11) is 4.06. The first kappa shape index (κ1) is 24.8. The normalized spacial score (nSPS) is 14.3. The zero-order valence-electron chi connectivity index (χ0n) is 19.3. The fraction of sp³-hybridized carbons (Fsp3) is 0.320. The predicted molar refractivity (Wildman–Crippen MR) is 128 cm³/mol. The van der Waals surface area contributed by atoms with Gasteiger partial charge in [0.25, 0.3) is 5.91 Å². The quantitative estimate of drug-likeness (QED) is 0.484. The van der Waals surface area contributed by atoms with Crippen LogP contribution < -0.4 is 9.75 Å². The van der Waals surface area contributed by atoms with E-state index in [0.717, 1.165) is 24.3 Å². The number of aromatic carboxylic acids is 1. The highest BCUT2D eigenvalue weighted by atomic mass is 16.5. The van der Waals surface area contributed by atoms with Gasteiger partial charge < -0.3 is 14.7 Å². The second-order valence-corrected chi connectivity index (χ2v) is 7.29. The number of benzene rings is 2. The number of carbonyl (C=O) groups excluding carboxylic acids is 1. The van der Waals surface area contributed by atoms with Crippen molar-refractivity contribution < 1.29 is 19.4 Å². The van der Waals surface area contributed by atoms with Gasteiger partial charge in [0.15, 0.2) is 0 Å². The minimum atomic E-state index is -1.01. The lowest BCUT2D eigenvalue weighted by atomic mass is 10.1. The van der Waals surface area contributed by atoms with Gasteiger partial charge in [-0.15, -0.1) is 0 Å². The number of carboxylic acid groups (broad SMARTS) is 1. The summed E-state index contributed by atoms with van der Waals surface area (Å²) in [5, 5.41) is 14.6. The van der Waals surface area contributed by atoms with Gasteiger partial charge in [-0.3, -0.25) is 4.79 Å². The van der Waals surface area contributed by atoms with Crippen LogP contribution in [0.25, 0.3) is 6.08 Å². The van der Waals surface area contributed by atoms with Crippen molar-refractivity contribution in [3.8, 4) is 5.75 Å². The van der Waals surface area contributed by atoms with Gasteiger partial charge in [-0.1, -0.05) is 26.0 Å². The molecule has 0 aromatic heterocycles. The van der Waals surface area contributed by atoms with Gasteiger partial charge in [-0.2, -0.15) is 10.1 Å². The van der Waals surface area contributed by atoms with E-state index in [9.17, 15) is 9.59 Å². The van der Waals surface area contributed by atoms with Crippen LogP contribution in [0.15, 0.2) is 59.2 Å². The largest absolute Gasteiger partial charge is 0.494 e. The van der Waals surface area contributed by atoms with Crippen LogP contribution in [0, 0.1) is 0 Å². The Morgan fingerprint density at radius 2 is 1.72 bits per heavy atom. The monoisotopic (exact) mass is 437 g/mol. The maximum Gasteiger partial charge on any atom is 0.335 e. The molecular weight excluding hydrogens is 406 g/mol. The molecule has 170 valence electrons. The summed E-state index contributed by atoms with van der Waals surface area (Å²) in [4.78, 5) is 26.0. The van der Waals surface area contributed by atoms with Crippen LogP contribution in [0.2, 0.25) is 0 Å². The average Bonchev–Trinajstić information content (AvgIpc) is 3.07. The molecule has 32 heavy (non-hydrogen) atoms. The summed E-state index contributed by atoms with van der Waals surface area (Å²) in [6.45, 7) is 7.40. The third-order valence-electron chi connectivity index (χ3n) is 4.63. The smallest absolute Gasteiger partial charge is 0.335 e. The van der Waals surface area contributed by atoms with Gasteiger partial charge in [-0.25, -0.2) is 4.79 Å². The van der Waals surface area contributed by atoms with Crippen molar-refractivity contribution in [2.75, 3.05) is 32.3 Å². The molecule has 0 saturated heterocycles. The molecule has 0 saturated carbocycles. The summed E-state index contributed by atoms with van der Waals surface area (Å²) in [5.74, 6) is -0.474. The Kier molecular flexibility index (Phi) is 9.16. The van der Waals surface area contributed by atoms with Gasteiger partial charge in [0.1, 0.15) is 5.75 Å². The number of hydrogen-bond acceptors (Lipinski definition) is 5. The number of nitrogens with zero attached hydrogens (tertiary/aromatic N) is 3. The molecule has 0 unspecified atom stereocenters. The molecule has 1 heterocycles. The van der Waals surface area contributed by atoms with E-state index in [1.807, 2.05) is 52.2 Å². The SMILES string of the molecule is CC.CC1=NN(c2ccc(C(=O)O)cc2)C(=O)/C1=C\c1ccc(OCCCN(C)C)cc1. The first-order valence-electron chi connectivity index (χ1n) is 10.7. The van der Waals surface area contributed by atoms with Crippen molar-refractivity contribution in [1.29, 1.82) is 0 Å². The lowest BCUT2D eigenvalue weighted by Crippen LogP contribution is -2.21. The molecule has 3 rings (SSSR count). The Morgan fingerprint density at radius 3 is 2.28 bits per heavy atom. The van der Waals surface area contributed by atoms with Crippen molar-refractivity contribution in [3.63, 3.8) is 0 Å². The maximum absolute atomic E-state index is 12.8. The molecule has 2 aromatic rings. The van der Waals surface area contributed by atoms with Crippen LogP contribution in [0.5, 0.6) is 5.75 Å². The fourth-order valence-corrected chi connectivity index (χ4v) is 3.00. The molecule has 1 N–H and O–H groups in total. The third kappa shape index (κ3) is 6.52. The number of carbonyl (C=O) groups is 2. The van der Waals surface area contributed by atoms with E-state index in [2.05, 4.69) is 10.0 Å². The number of ether oxygens (including phenoxy) is 1. The number of hydrogen-bond donors (Lipinski definition) is 1. The Labute approximate surface area is 189 Å². The summed E-state index contributed by atoms with van der Waals surface area (Å²) < 4.78 is 5.74. The lowest BCUT2D eigenvalue weighted by molar-refractivity contribution is -0.114. The van der Waals surface area contributed by atoms with E-state index in [0.29, 0.717) is 23.6 Å². The molecule has 0 fully saturated rings. The van der Waals surface area contributed by atoms with Crippen LogP contribution in [0.1, 0.15) is 43.1 Å². The zero-order valence-corrected chi connectivity index (χ0v) is 19.3. The van der Waals surface area contributed by atoms with Gasteiger partial charge in [-0.05, 0) is 75.5 Å². The fourth-order valence-electron chi connectivity index (χ4n) is 3.00. The van der Waals surface area contributed by atoms with Gasteiger partial charge in [0.05, 0.1) is 29.1 Å². The second-order valence-electron chi connectivity index (χ2n) is 7.29. The minimum absolute atomic E-state index is 0.158. The zero-order chi connectivity index (χ0) is 23.7. The highest BCUT2D eigenvalue weighted by molar-refractivity contribution is 6.32. The summed E-state index contributed by atoms with van der Waals surface area (Å²) in [6.07, 6.45) is 2.74. The Balaban J connectivity index is 0.00000176. The van der Waals surface area contributed by atoms with Gasteiger partial charge in [0, 0.05) is 6.54 Å². The van der Waals surface area contributed by atoms with Crippen LogP contribution in [0.4, 0.5) is 5.69 Å². The minimum Gasteiger partial charge on any atom is -0.494 e. The summed E-state index contributed by atoms with van der Waals surface area (Å²) in [5.41, 5.74) is 2.65. The molecule has 0 atom stereocenters. The summed E-state index contributed by atoms with van der Waals surface area (Å²) >= 11 is 0. The van der Waals surface area contributed by atoms with Crippen molar-refractivity contribution in [1.82, 2.24) is 4.90 Å². The highest BCUT2D eigenvalue weighted by Crippen LogP contribution is 2.26.